The summed E-state index contributed by atoms with van der Waals surface area (Å²) in [7, 11) is 0. The van der Waals surface area contributed by atoms with E-state index in [0.717, 1.165) is 50.4 Å². The van der Waals surface area contributed by atoms with Crippen molar-refractivity contribution < 1.29 is 0 Å². The molecule has 0 radical (unpaired) electrons. The molecule has 234 valence electrons. The van der Waals surface area contributed by atoms with Crippen molar-refractivity contribution >= 4 is 43.6 Å². The summed E-state index contributed by atoms with van der Waals surface area (Å²) in [5.41, 5.74) is 13.1. The van der Waals surface area contributed by atoms with Crippen LogP contribution in [0.3, 0.4) is 0 Å². The first-order chi connectivity index (χ1) is 24.8. The minimum Gasteiger partial charge on any atom is -0.354 e. The summed E-state index contributed by atoms with van der Waals surface area (Å²) < 4.78 is 2.38. The van der Waals surface area contributed by atoms with Gasteiger partial charge in [-0.05, 0) is 47.5 Å². The number of benzene rings is 7. The Labute approximate surface area is 289 Å². The molecule has 0 saturated carbocycles. The number of nitrogens with one attached hydrogen (secondary N) is 1. The third-order valence-electron chi connectivity index (χ3n) is 9.78. The van der Waals surface area contributed by atoms with Crippen molar-refractivity contribution in [3.63, 3.8) is 0 Å². The minimum atomic E-state index is 0.711. The van der Waals surface area contributed by atoms with Gasteiger partial charge in [-0.15, -0.1) is 0 Å². The van der Waals surface area contributed by atoms with Crippen LogP contribution in [-0.2, 0) is 0 Å². The lowest BCUT2D eigenvalue weighted by atomic mass is 10.0. The smallest absolute Gasteiger partial charge is 0.160 e. The van der Waals surface area contributed by atoms with Gasteiger partial charge in [0.25, 0.3) is 0 Å². The maximum absolute atomic E-state index is 5.01. The Balaban J connectivity index is 1.02. The topological polar surface area (TPSA) is 46.5 Å². The largest absolute Gasteiger partial charge is 0.354 e. The second-order valence-corrected chi connectivity index (χ2v) is 12.7. The molecule has 4 heteroatoms. The van der Waals surface area contributed by atoms with Gasteiger partial charge in [-0.2, -0.15) is 0 Å². The third kappa shape index (κ3) is 4.61. The highest BCUT2D eigenvalue weighted by molar-refractivity contribution is 6.25. The molecule has 0 atom stereocenters. The maximum Gasteiger partial charge on any atom is 0.160 e. The molecule has 0 unspecified atom stereocenters. The van der Waals surface area contributed by atoms with Crippen molar-refractivity contribution in [3.05, 3.63) is 176 Å². The molecular formula is C46H30N4. The van der Waals surface area contributed by atoms with Crippen molar-refractivity contribution in [2.75, 3.05) is 0 Å². The standard InChI is InChI=1S/C46H30N4/c1-3-11-32(12-4-1)40-29-41(33-13-5-2-6-14-33)49-46(48-40)34-21-19-30(20-22-34)31-23-25-35(26-24-31)50-42-18-10-8-16-38(42)44-43(50)28-27-37-36-15-7-9-17-39(36)47-45(37)44/h1-29,47H. The van der Waals surface area contributed by atoms with E-state index >= 15 is 0 Å². The van der Waals surface area contributed by atoms with Gasteiger partial charge in [0, 0.05) is 49.4 Å². The van der Waals surface area contributed by atoms with Crippen LogP contribution in [0.4, 0.5) is 0 Å². The van der Waals surface area contributed by atoms with Crippen molar-refractivity contribution in [2.24, 2.45) is 0 Å². The van der Waals surface area contributed by atoms with Crippen molar-refractivity contribution in [1.29, 1.82) is 0 Å². The van der Waals surface area contributed by atoms with Crippen LogP contribution in [0.15, 0.2) is 176 Å². The summed E-state index contributed by atoms with van der Waals surface area (Å²) in [6, 6.07) is 61.9. The summed E-state index contributed by atoms with van der Waals surface area (Å²) >= 11 is 0. The highest BCUT2D eigenvalue weighted by Crippen LogP contribution is 2.39. The number of rotatable bonds is 5. The first kappa shape index (κ1) is 28.3. The van der Waals surface area contributed by atoms with Crippen LogP contribution < -0.4 is 0 Å². The van der Waals surface area contributed by atoms with Gasteiger partial charge in [-0.3, -0.25) is 0 Å². The Kier molecular flexibility index (Phi) is 6.46. The Bertz CT molecular complexity index is 2770. The van der Waals surface area contributed by atoms with E-state index in [0.29, 0.717) is 5.82 Å². The van der Waals surface area contributed by atoms with E-state index in [2.05, 4.69) is 149 Å². The highest BCUT2D eigenvalue weighted by atomic mass is 15.0. The van der Waals surface area contributed by atoms with E-state index in [1.807, 2.05) is 36.4 Å². The zero-order chi connectivity index (χ0) is 33.0. The second-order valence-electron chi connectivity index (χ2n) is 12.7. The minimum absolute atomic E-state index is 0.711. The molecule has 3 heterocycles. The van der Waals surface area contributed by atoms with Crippen molar-refractivity contribution in [1.82, 2.24) is 19.5 Å². The van der Waals surface area contributed by atoms with E-state index in [9.17, 15) is 0 Å². The summed E-state index contributed by atoms with van der Waals surface area (Å²) in [5.74, 6) is 0.711. The highest BCUT2D eigenvalue weighted by Gasteiger charge is 2.17. The molecule has 0 saturated heterocycles. The zero-order valence-electron chi connectivity index (χ0n) is 27.1. The molecule has 4 nitrogen and oxygen atoms in total. The van der Waals surface area contributed by atoms with Gasteiger partial charge >= 0.3 is 0 Å². The predicted octanol–water partition coefficient (Wildman–Crippen LogP) is 11.9. The lowest BCUT2D eigenvalue weighted by Gasteiger charge is -2.11. The molecule has 0 amide bonds. The van der Waals surface area contributed by atoms with E-state index in [-0.39, 0.29) is 0 Å². The van der Waals surface area contributed by atoms with Gasteiger partial charge in [0.05, 0.1) is 27.9 Å². The number of para-hydroxylation sites is 2. The molecule has 0 aliphatic heterocycles. The fourth-order valence-electron chi connectivity index (χ4n) is 7.36. The molecule has 1 N–H and O–H groups in total. The Morgan fingerprint density at radius 2 is 0.960 bits per heavy atom. The van der Waals surface area contributed by atoms with Crippen LogP contribution in [0, 0.1) is 0 Å². The van der Waals surface area contributed by atoms with E-state index < -0.39 is 0 Å². The van der Waals surface area contributed by atoms with Crippen LogP contribution >= 0.6 is 0 Å². The van der Waals surface area contributed by atoms with Crippen LogP contribution in [0.1, 0.15) is 0 Å². The van der Waals surface area contributed by atoms with Gasteiger partial charge in [0.1, 0.15) is 0 Å². The lowest BCUT2D eigenvalue weighted by Crippen LogP contribution is -1.96. The Morgan fingerprint density at radius 1 is 0.400 bits per heavy atom. The number of aromatic amines is 1. The third-order valence-corrected chi connectivity index (χ3v) is 9.78. The Morgan fingerprint density at radius 3 is 1.64 bits per heavy atom. The van der Waals surface area contributed by atoms with Gasteiger partial charge in [0.2, 0.25) is 0 Å². The second kappa shape index (κ2) is 11.4. The van der Waals surface area contributed by atoms with Crippen LogP contribution in [0.25, 0.3) is 94.3 Å². The quantitative estimate of drug-likeness (QED) is 0.204. The predicted molar refractivity (Wildman–Crippen MR) is 207 cm³/mol. The van der Waals surface area contributed by atoms with Crippen LogP contribution in [-0.4, -0.2) is 19.5 Å². The number of hydrogen-bond acceptors (Lipinski definition) is 2. The number of nitrogens with zero attached hydrogens (tertiary/aromatic N) is 3. The summed E-state index contributed by atoms with van der Waals surface area (Å²) in [4.78, 5) is 13.7. The average molecular weight is 639 g/mol. The number of aromatic nitrogens is 4. The van der Waals surface area contributed by atoms with Crippen molar-refractivity contribution in [2.45, 2.75) is 0 Å². The maximum atomic E-state index is 5.01. The normalized spacial score (nSPS) is 11.6. The molecule has 10 aromatic rings. The first-order valence-corrected chi connectivity index (χ1v) is 16.9. The van der Waals surface area contributed by atoms with Gasteiger partial charge < -0.3 is 9.55 Å². The molecule has 3 aromatic heterocycles. The molecular weight excluding hydrogens is 609 g/mol. The van der Waals surface area contributed by atoms with E-state index in [1.54, 1.807) is 0 Å². The lowest BCUT2D eigenvalue weighted by molar-refractivity contribution is 1.18. The molecule has 0 bridgehead atoms. The fourth-order valence-corrected chi connectivity index (χ4v) is 7.36. The number of fused-ring (bicyclic) bond motifs is 7. The van der Waals surface area contributed by atoms with Gasteiger partial charge in [-0.25, -0.2) is 9.97 Å². The molecule has 10 rings (SSSR count). The van der Waals surface area contributed by atoms with Crippen LogP contribution in [0.5, 0.6) is 0 Å². The fraction of sp³-hybridized carbons (Fsp3) is 0. The molecule has 0 aliphatic carbocycles. The van der Waals surface area contributed by atoms with Gasteiger partial charge in [-0.1, -0.05) is 140 Å². The van der Waals surface area contributed by atoms with E-state index in [1.165, 1.54) is 38.1 Å². The number of hydrogen-bond donors (Lipinski definition) is 1. The summed E-state index contributed by atoms with van der Waals surface area (Å²) in [6.45, 7) is 0. The summed E-state index contributed by atoms with van der Waals surface area (Å²) in [6.07, 6.45) is 0. The molecule has 0 fully saturated rings. The molecule has 0 aliphatic rings. The van der Waals surface area contributed by atoms with Crippen molar-refractivity contribution in [3.8, 4) is 50.7 Å². The SMILES string of the molecule is c1ccc(-c2cc(-c3ccccc3)nc(-c3ccc(-c4ccc(-n5c6ccccc6c6c7[nH]c8ccccc8c7ccc65)cc4)cc3)n2)cc1. The van der Waals surface area contributed by atoms with E-state index in [4.69, 9.17) is 9.97 Å². The molecule has 7 aromatic carbocycles. The number of H-pyrrole nitrogens is 1. The first-order valence-electron chi connectivity index (χ1n) is 16.9. The average Bonchev–Trinajstić information content (AvgIpc) is 3.74. The monoisotopic (exact) mass is 638 g/mol. The molecule has 50 heavy (non-hydrogen) atoms. The van der Waals surface area contributed by atoms with Crippen LogP contribution in [0.2, 0.25) is 0 Å². The molecule has 0 spiro atoms. The zero-order valence-corrected chi connectivity index (χ0v) is 27.1. The Hall–Kier alpha value is -6.78. The summed E-state index contributed by atoms with van der Waals surface area (Å²) in [5, 5.41) is 5.00. The van der Waals surface area contributed by atoms with Gasteiger partial charge in [0.15, 0.2) is 5.82 Å².